The van der Waals surface area contributed by atoms with Gasteiger partial charge < -0.3 is 9.84 Å². The molecule has 0 atom stereocenters. The number of carbonyl (C=O) groups excluding carboxylic acids is 2. The number of rotatable bonds is 3. The number of aryl methyl sites for hydroxylation is 1. The highest BCUT2D eigenvalue weighted by Gasteiger charge is 2.14. The zero-order chi connectivity index (χ0) is 13.0. The molecule has 0 spiro atoms. The topological polar surface area (TPSA) is 63.6 Å². The molecule has 0 fully saturated rings. The van der Waals surface area contributed by atoms with Crippen LogP contribution in [0.1, 0.15) is 11.1 Å². The van der Waals surface area contributed by atoms with Gasteiger partial charge in [0.2, 0.25) is 0 Å². The number of halogens is 1. The number of methoxy groups -OCH3 is 1. The first-order chi connectivity index (χ1) is 7.95. The van der Waals surface area contributed by atoms with Gasteiger partial charge in [0.25, 0.3) is 5.78 Å². The fourth-order valence-electron chi connectivity index (χ4n) is 1.20. The molecule has 0 amide bonds. The van der Waals surface area contributed by atoms with Crippen molar-refractivity contribution in [1.82, 2.24) is 0 Å². The highest BCUT2D eigenvalue weighted by molar-refractivity contribution is 9.10. The predicted molar refractivity (Wildman–Crippen MR) is 66.5 cm³/mol. The normalized spacial score (nSPS) is 11.1. The number of carbonyl (C=O) groups is 2. The zero-order valence-corrected chi connectivity index (χ0v) is 10.9. The summed E-state index contributed by atoms with van der Waals surface area (Å²) in [5.41, 5.74) is 1.37. The molecule has 5 heteroatoms. The molecular weight excluding hydrogens is 288 g/mol. The molecule has 1 aromatic rings. The van der Waals surface area contributed by atoms with Gasteiger partial charge in [0.05, 0.1) is 7.11 Å². The number of aliphatic hydroxyl groups is 1. The van der Waals surface area contributed by atoms with Crippen LogP contribution in [0, 0.1) is 6.92 Å². The lowest BCUT2D eigenvalue weighted by molar-refractivity contribution is -0.149. The molecule has 0 aliphatic carbocycles. The molecule has 1 rings (SSSR count). The summed E-state index contributed by atoms with van der Waals surface area (Å²) in [6.45, 7) is 1.85. The molecule has 0 unspecified atom stereocenters. The lowest BCUT2D eigenvalue weighted by Gasteiger charge is -2.04. The summed E-state index contributed by atoms with van der Waals surface area (Å²) in [5, 5.41) is 9.74. The van der Waals surface area contributed by atoms with E-state index in [0.717, 1.165) is 18.7 Å². The maximum atomic E-state index is 11.2. The molecule has 1 N–H and O–H groups in total. The van der Waals surface area contributed by atoms with E-state index in [9.17, 15) is 14.7 Å². The Hall–Kier alpha value is -1.62. The molecular formula is C12H11BrO4. The monoisotopic (exact) mass is 298 g/mol. The summed E-state index contributed by atoms with van der Waals surface area (Å²) < 4.78 is 4.88. The number of hydrogen-bond donors (Lipinski definition) is 1. The van der Waals surface area contributed by atoms with E-state index in [1.54, 1.807) is 12.1 Å². The van der Waals surface area contributed by atoms with Crippen molar-refractivity contribution in [2.75, 3.05) is 7.11 Å². The van der Waals surface area contributed by atoms with E-state index in [4.69, 9.17) is 0 Å². The minimum Gasteiger partial charge on any atom is -0.507 e. The Balaban J connectivity index is 3.07. The summed E-state index contributed by atoms with van der Waals surface area (Å²) in [6.07, 6.45) is 0.839. The van der Waals surface area contributed by atoms with Crippen LogP contribution in [0.5, 0.6) is 0 Å². The first-order valence-corrected chi connectivity index (χ1v) is 5.54. The highest BCUT2D eigenvalue weighted by atomic mass is 79.9. The summed E-state index contributed by atoms with van der Waals surface area (Å²) >= 11 is 3.25. The van der Waals surface area contributed by atoms with Crippen LogP contribution >= 0.6 is 15.9 Å². The van der Waals surface area contributed by atoms with Gasteiger partial charge in [-0.3, -0.25) is 4.79 Å². The van der Waals surface area contributed by atoms with Crippen molar-refractivity contribution in [3.05, 3.63) is 39.9 Å². The van der Waals surface area contributed by atoms with E-state index < -0.39 is 11.8 Å². The molecule has 0 aliphatic heterocycles. The van der Waals surface area contributed by atoms with Crippen molar-refractivity contribution in [3.63, 3.8) is 0 Å². The van der Waals surface area contributed by atoms with Gasteiger partial charge in [-0.15, -0.1) is 0 Å². The van der Waals surface area contributed by atoms with Gasteiger partial charge in [-0.1, -0.05) is 27.6 Å². The third-order valence-electron chi connectivity index (χ3n) is 2.05. The maximum absolute atomic E-state index is 11.2. The Morgan fingerprint density at radius 2 is 2.06 bits per heavy atom. The fourth-order valence-corrected chi connectivity index (χ4v) is 1.65. The highest BCUT2D eigenvalue weighted by Crippen LogP contribution is 2.23. The second kappa shape index (κ2) is 5.63. The quantitative estimate of drug-likeness (QED) is 0.403. The summed E-state index contributed by atoms with van der Waals surface area (Å²) in [7, 11) is 1.10. The van der Waals surface area contributed by atoms with Gasteiger partial charge in [0.15, 0.2) is 0 Å². The van der Waals surface area contributed by atoms with Gasteiger partial charge in [-0.25, -0.2) is 4.79 Å². The van der Waals surface area contributed by atoms with Crippen molar-refractivity contribution in [3.8, 4) is 0 Å². The number of aliphatic hydroxyl groups excluding tert-OH is 1. The van der Waals surface area contributed by atoms with Crippen molar-refractivity contribution < 1.29 is 19.4 Å². The maximum Gasteiger partial charge on any atom is 0.378 e. The second-order valence-corrected chi connectivity index (χ2v) is 4.22. The summed E-state index contributed by atoms with van der Waals surface area (Å²) in [4.78, 5) is 22.1. The Morgan fingerprint density at radius 1 is 1.41 bits per heavy atom. The molecule has 0 heterocycles. The minimum atomic E-state index is -1.01. The van der Waals surface area contributed by atoms with E-state index in [0.29, 0.717) is 10.0 Å². The third-order valence-corrected chi connectivity index (χ3v) is 2.74. The lowest BCUT2D eigenvalue weighted by atomic mass is 10.1. The van der Waals surface area contributed by atoms with Crippen LogP contribution in [0.15, 0.2) is 28.7 Å². The Morgan fingerprint density at radius 3 is 2.65 bits per heavy atom. The van der Waals surface area contributed by atoms with E-state index in [2.05, 4.69) is 20.7 Å². The van der Waals surface area contributed by atoms with E-state index in [1.165, 1.54) is 0 Å². The van der Waals surface area contributed by atoms with Crippen LogP contribution in [0.3, 0.4) is 0 Å². The predicted octanol–water partition coefficient (Wildman–Crippen LogP) is 2.40. The number of ketones is 1. The molecule has 4 nitrogen and oxygen atoms in total. The molecule has 1 aromatic carbocycles. The van der Waals surface area contributed by atoms with Crippen molar-refractivity contribution >= 4 is 33.4 Å². The molecule has 0 aromatic heterocycles. The van der Waals surface area contributed by atoms with Crippen molar-refractivity contribution in [2.24, 2.45) is 0 Å². The average Bonchev–Trinajstić information content (AvgIpc) is 2.30. The van der Waals surface area contributed by atoms with Crippen molar-refractivity contribution in [1.29, 1.82) is 0 Å². The standard InChI is InChI=1S/C12H11BrO4/c1-7-3-4-9(13)8(5-7)10(14)6-11(15)12(16)17-2/h3-6,14H,1-2H3/b10-6-. The van der Waals surface area contributed by atoms with E-state index in [1.807, 2.05) is 13.0 Å². The average molecular weight is 299 g/mol. The van der Waals surface area contributed by atoms with Gasteiger partial charge in [0.1, 0.15) is 5.76 Å². The van der Waals surface area contributed by atoms with Crippen LogP contribution in [0.25, 0.3) is 5.76 Å². The third kappa shape index (κ3) is 3.42. The van der Waals surface area contributed by atoms with Crippen LogP contribution in [-0.2, 0) is 14.3 Å². The SMILES string of the molecule is COC(=O)C(=O)/C=C(\O)c1cc(C)ccc1Br. The second-order valence-electron chi connectivity index (χ2n) is 3.37. The molecule has 90 valence electrons. The van der Waals surface area contributed by atoms with Crippen LogP contribution in [-0.4, -0.2) is 24.0 Å². The first kappa shape index (κ1) is 13.4. The van der Waals surface area contributed by atoms with Crippen LogP contribution < -0.4 is 0 Å². The smallest absolute Gasteiger partial charge is 0.378 e. The summed E-state index contributed by atoms with van der Waals surface area (Å²) in [5.74, 6) is -2.20. The van der Waals surface area contributed by atoms with Gasteiger partial charge in [-0.05, 0) is 19.1 Å². The van der Waals surface area contributed by atoms with Crippen LogP contribution in [0.2, 0.25) is 0 Å². The van der Waals surface area contributed by atoms with Crippen molar-refractivity contribution in [2.45, 2.75) is 6.92 Å². The zero-order valence-electron chi connectivity index (χ0n) is 9.36. The molecule has 0 radical (unpaired) electrons. The van der Waals surface area contributed by atoms with Gasteiger partial charge in [-0.2, -0.15) is 0 Å². The fraction of sp³-hybridized carbons (Fsp3) is 0.167. The van der Waals surface area contributed by atoms with Crippen LogP contribution in [0.4, 0.5) is 0 Å². The molecule has 0 saturated heterocycles. The minimum absolute atomic E-state index is 0.282. The van der Waals surface area contributed by atoms with E-state index in [-0.39, 0.29) is 5.76 Å². The Kier molecular flexibility index (Phi) is 4.45. The van der Waals surface area contributed by atoms with Gasteiger partial charge >= 0.3 is 5.97 Å². The Bertz CT molecular complexity index is 491. The molecule has 0 aliphatic rings. The number of hydrogen-bond acceptors (Lipinski definition) is 4. The number of benzene rings is 1. The van der Waals surface area contributed by atoms with E-state index >= 15 is 0 Å². The largest absolute Gasteiger partial charge is 0.507 e. The lowest BCUT2D eigenvalue weighted by Crippen LogP contribution is -2.13. The van der Waals surface area contributed by atoms with Gasteiger partial charge in [0, 0.05) is 16.1 Å². The summed E-state index contributed by atoms with van der Waals surface area (Å²) in [6, 6.07) is 5.29. The first-order valence-electron chi connectivity index (χ1n) is 4.75. The number of esters is 1. The molecule has 0 saturated carbocycles. The Labute approximate surface area is 107 Å². The molecule has 0 bridgehead atoms. The molecule has 17 heavy (non-hydrogen) atoms. The number of ether oxygens (including phenoxy) is 1.